The van der Waals surface area contributed by atoms with E-state index in [0.717, 1.165) is 43.2 Å². The van der Waals surface area contributed by atoms with E-state index < -0.39 is 0 Å². The molecule has 0 saturated carbocycles. The number of hydrogen-bond acceptors (Lipinski definition) is 5. The smallest absolute Gasteiger partial charge is 0.177 e. The summed E-state index contributed by atoms with van der Waals surface area (Å²) in [7, 11) is 0. The third kappa shape index (κ3) is 2.99. The van der Waals surface area contributed by atoms with Crippen molar-refractivity contribution < 1.29 is 4.39 Å². The van der Waals surface area contributed by atoms with Crippen molar-refractivity contribution in [1.29, 1.82) is 0 Å². The Morgan fingerprint density at radius 3 is 2.75 bits per heavy atom. The molecule has 2 aromatic heterocycles. The van der Waals surface area contributed by atoms with Crippen molar-refractivity contribution in [3.05, 3.63) is 52.5 Å². The van der Waals surface area contributed by atoms with E-state index in [2.05, 4.69) is 41.0 Å². The zero-order valence-electron chi connectivity index (χ0n) is 12.9. The molecule has 0 atom stereocenters. The molecule has 0 unspecified atom stereocenters. The Hall–Kier alpha value is -2.06. The second-order valence-electron chi connectivity index (χ2n) is 5.80. The molecule has 0 bridgehead atoms. The van der Waals surface area contributed by atoms with Gasteiger partial charge in [0.2, 0.25) is 0 Å². The van der Waals surface area contributed by atoms with E-state index >= 15 is 0 Å². The van der Waals surface area contributed by atoms with Crippen molar-refractivity contribution in [2.24, 2.45) is 0 Å². The molecule has 1 fully saturated rings. The Morgan fingerprint density at radius 2 is 1.92 bits per heavy atom. The summed E-state index contributed by atoms with van der Waals surface area (Å²) >= 11 is 3.24. The van der Waals surface area contributed by atoms with Crippen LogP contribution in [0.4, 0.5) is 10.2 Å². The van der Waals surface area contributed by atoms with Gasteiger partial charge in [-0.3, -0.25) is 4.90 Å². The van der Waals surface area contributed by atoms with Crippen molar-refractivity contribution in [3.8, 4) is 0 Å². The van der Waals surface area contributed by atoms with Crippen LogP contribution in [-0.4, -0.2) is 50.9 Å². The Labute approximate surface area is 147 Å². The predicted octanol–water partition coefficient (Wildman–Crippen LogP) is 2.35. The zero-order valence-corrected chi connectivity index (χ0v) is 14.5. The molecule has 24 heavy (non-hydrogen) atoms. The highest BCUT2D eigenvalue weighted by Crippen LogP contribution is 2.21. The molecule has 0 radical (unpaired) electrons. The van der Waals surface area contributed by atoms with Crippen LogP contribution in [0.3, 0.4) is 0 Å². The average molecular weight is 391 g/mol. The summed E-state index contributed by atoms with van der Waals surface area (Å²) in [5.41, 5.74) is 1.46. The van der Waals surface area contributed by atoms with Gasteiger partial charge in [-0.05, 0) is 34.1 Å². The molecule has 124 valence electrons. The summed E-state index contributed by atoms with van der Waals surface area (Å²) in [6.45, 7) is 4.07. The van der Waals surface area contributed by atoms with Crippen LogP contribution in [0.25, 0.3) is 5.65 Å². The van der Waals surface area contributed by atoms with Crippen LogP contribution in [0.2, 0.25) is 0 Å². The Balaban J connectivity index is 1.42. The zero-order chi connectivity index (χ0) is 16.5. The van der Waals surface area contributed by atoms with Gasteiger partial charge in [-0.1, -0.05) is 12.1 Å². The minimum atomic E-state index is -0.167. The number of fused-ring (bicyclic) bond motifs is 1. The SMILES string of the molecule is Fc1c(Br)cccc1CN1CCN(c2ccc3nncn3n2)CC1. The van der Waals surface area contributed by atoms with Crippen LogP contribution < -0.4 is 4.90 Å². The fraction of sp³-hybridized carbons (Fsp3) is 0.312. The molecule has 3 heterocycles. The van der Waals surface area contributed by atoms with Gasteiger partial charge in [0.15, 0.2) is 5.65 Å². The van der Waals surface area contributed by atoms with E-state index in [1.807, 2.05) is 24.3 Å². The second kappa shape index (κ2) is 6.45. The summed E-state index contributed by atoms with van der Waals surface area (Å²) in [6, 6.07) is 9.32. The van der Waals surface area contributed by atoms with Crippen LogP contribution in [0.15, 0.2) is 41.1 Å². The molecule has 1 aliphatic heterocycles. The lowest BCUT2D eigenvalue weighted by molar-refractivity contribution is 0.246. The first kappa shape index (κ1) is 15.5. The number of rotatable bonds is 3. The molecule has 4 rings (SSSR count). The Morgan fingerprint density at radius 1 is 1.08 bits per heavy atom. The number of aromatic nitrogens is 4. The third-order valence-electron chi connectivity index (χ3n) is 4.27. The van der Waals surface area contributed by atoms with Crippen LogP contribution in [0.1, 0.15) is 5.56 Å². The average Bonchev–Trinajstić information content (AvgIpc) is 3.07. The van der Waals surface area contributed by atoms with E-state index in [0.29, 0.717) is 11.0 Å². The largest absolute Gasteiger partial charge is 0.353 e. The molecular weight excluding hydrogens is 375 g/mol. The molecule has 3 aromatic rings. The standard InChI is InChI=1S/C16H16BrFN6/c17-13-3-1-2-12(16(13)18)10-22-6-8-23(9-7-22)15-5-4-14-20-19-11-24(14)21-15/h1-5,11H,6-10H2. The number of nitrogens with zero attached hydrogens (tertiary/aromatic N) is 6. The molecule has 0 spiro atoms. The topological polar surface area (TPSA) is 49.6 Å². The molecule has 0 N–H and O–H groups in total. The maximum atomic E-state index is 14.1. The van der Waals surface area contributed by atoms with Gasteiger partial charge in [0.05, 0.1) is 4.47 Å². The van der Waals surface area contributed by atoms with Crippen LogP contribution in [0, 0.1) is 5.82 Å². The first-order chi connectivity index (χ1) is 11.7. The lowest BCUT2D eigenvalue weighted by Gasteiger charge is -2.35. The molecule has 1 saturated heterocycles. The van der Waals surface area contributed by atoms with Gasteiger partial charge in [0, 0.05) is 38.3 Å². The molecule has 8 heteroatoms. The number of piperazine rings is 1. The Bertz CT molecular complexity index is 859. The van der Waals surface area contributed by atoms with E-state index in [1.165, 1.54) is 0 Å². The highest BCUT2D eigenvalue weighted by molar-refractivity contribution is 9.10. The summed E-state index contributed by atoms with van der Waals surface area (Å²) < 4.78 is 16.3. The van der Waals surface area contributed by atoms with E-state index in [4.69, 9.17) is 0 Å². The molecule has 1 aromatic carbocycles. The summed E-state index contributed by atoms with van der Waals surface area (Å²) in [4.78, 5) is 4.49. The summed E-state index contributed by atoms with van der Waals surface area (Å²) in [5.74, 6) is 0.746. The summed E-state index contributed by atoms with van der Waals surface area (Å²) in [6.07, 6.45) is 1.60. The molecule has 1 aliphatic rings. The minimum Gasteiger partial charge on any atom is -0.353 e. The number of benzene rings is 1. The number of hydrogen-bond donors (Lipinski definition) is 0. The molecule has 6 nitrogen and oxygen atoms in total. The Kier molecular flexibility index (Phi) is 4.15. The van der Waals surface area contributed by atoms with Crippen molar-refractivity contribution in [1.82, 2.24) is 24.7 Å². The van der Waals surface area contributed by atoms with Crippen LogP contribution in [0.5, 0.6) is 0 Å². The first-order valence-corrected chi connectivity index (χ1v) is 8.57. The van der Waals surface area contributed by atoms with Crippen molar-refractivity contribution >= 4 is 27.4 Å². The molecule has 0 amide bonds. The van der Waals surface area contributed by atoms with Crippen LogP contribution >= 0.6 is 15.9 Å². The maximum absolute atomic E-state index is 14.1. The molecular formula is C16H16BrFN6. The van der Waals surface area contributed by atoms with Gasteiger partial charge < -0.3 is 4.90 Å². The van der Waals surface area contributed by atoms with E-state index in [-0.39, 0.29) is 5.82 Å². The minimum absolute atomic E-state index is 0.167. The third-order valence-corrected chi connectivity index (χ3v) is 4.88. The van der Waals surface area contributed by atoms with Crippen molar-refractivity contribution in [2.75, 3.05) is 31.1 Å². The maximum Gasteiger partial charge on any atom is 0.177 e. The predicted molar refractivity (Wildman–Crippen MR) is 92.4 cm³/mol. The van der Waals surface area contributed by atoms with Crippen molar-refractivity contribution in [2.45, 2.75) is 6.54 Å². The van der Waals surface area contributed by atoms with Gasteiger partial charge in [0.25, 0.3) is 0 Å². The van der Waals surface area contributed by atoms with Gasteiger partial charge in [-0.15, -0.1) is 15.3 Å². The first-order valence-electron chi connectivity index (χ1n) is 7.78. The van der Waals surface area contributed by atoms with E-state index in [9.17, 15) is 4.39 Å². The lowest BCUT2D eigenvalue weighted by Crippen LogP contribution is -2.46. The fourth-order valence-electron chi connectivity index (χ4n) is 2.93. The quantitative estimate of drug-likeness (QED) is 0.686. The fourth-order valence-corrected chi connectivity index (χ4v) is 3.34. The van der Waals surface area contributed by atoms with E-state index in [1.54, 1.807) is 16.9 Å². The van der Waals surface area contributed by atoms with Gasteiger partial charge >= 0.3 is 0 Å². The lowest BCUT2D eigenvalue weighted by atomic mass is 10.2. The molecule has 0 aliphatic carbocycles. The summed E-state index contributed by atoms with van der Waals surface area (Å²) in [5, 5.41) is 12.3. The monoisotopic (exact) mass is 390 g/mol. The van der Waals surface area contributed by atoms with Crippen LogP contribution in [-0.2, 0) is 6.54 Å². The van der Waals surface area contributed by atoms with Gasteiger partial charge in [-0.25, -0.2) is 4.39 Å². The highest BCUT2D eigenvalue weighted by atomic mass is 79.9. The number of halogens is 2. The highest BCUT2D eigenvalue weighted by Gasteiger charge is 2.20. The van der Waals surface area contributed by atoms with Gasteiger partial charge in [0.1, 0.15) is 18.0 Å². The van der Waals surface area contributed by atoms with Gasteiger partial charge in [-0.2, -0.15) is 4.52 Å². The normalized spacial score (nSPS) is 16.0. The van der Waals surface area contributed by atoms with Crippen molar-refractivity contribution in [3.63, 3.8) is 0 Å². The number of anilines is 1. The second-order valence-corrected chi connectivity index (χ2v) is 6.66.